The Kier molecular flexibility index (Phi) is 3.70. The lowest BCUT2D eigenvalue weighted by molar-refractivity contribution is 0.0921. The highest BCUT2D eigenvalue weighted by Crippen LogP contribution is 2.18. The van der Waals surface area contributed by atoms with Gasteiger partial charge < -0.3 is 9.72 Å². The van der Waals surface area contributed by atoms with E-state index < -0.39 is 5.82 Å². The van der Waals surface area contributed by atoms with Gasteiger partial charge in [0.15, 0.2) is 12.4 Å². The van der Waals surface area contributed by atoms with Gasteiger partial charge in [0.05, 0.1) is 5.52 Å². The van der Waals surface area contributed by atoms with Gasteiger partial charge in [0, 0.05) is 17.7 Å². The van der Waals surface area contributed by atoms with E-state index in [0.717, 1.165) is 5.39 Å². The molecule has 0 bridgehead atoms. The smallest absolute Gasteiger partial charge is 0.248 e. The zero-order valence-corrected chi connectivity index (χ0v) is 11.5. The number of hydrogen-bond donors (Lipinski definition) is 1. The zero-order valence-electron chi connectivity index (χ0n) is 11.5. The molecule has 1 aromatic heterocycles. The number of carbonyl (C=O) groups is 1. The molecular weight excluding hydrogens is 285 g/mol. The first-order valence-electron chi connectivity index (χ1n) is 6.66. The molecule has 0 amide bonds. The Bertz CT molecular complexity index is 884. The van der Waals surface area contributed by atoms with Crippen LogP contribution in [0, 0.1) is 5.82 Å². The van der Waals surface area contributed by atoms with Crippen LogP contribution >= 0.6 is 0 Å². The highest BCUT2D eigenvalue weighted by atomic mass is 19.1. The average molecular weight is 297 g/mol. The van der Waals surface area contributed by atoms with Gasteiger partial charge in [-0.25, -0.2) is 4.39 Å². The first-order chi connectivity index (χ1) is 10.6. The first-order valence-corrected chi connectivity index (χ1v) is 6.66. The number of benzene rings is 2. The van der Waals surface area contributed by atoms with Crippen LogP contribution in [-0.2, 0) is 0 Å². The quantitative estimate of drug-likeness (QED) is 0.753. The third-order valence-electron chi connectivity index (χ3n) is 3.23. The Balaban J connectivity index is 1.74. The van der Waals surface area contributed by atoms with Crippen LogP contribution in [-0.4, -0.2) is 17.4 Å². The number of fused-ring (bicyclic) bond motifs is 1. The molecular formula is C17H12FNO3. The molecule has 4 nitrogen and oxygen atoms in total. The molecule has 22 heavy (non-hydrogen) atoms. The maximum Gasteiger partial charge on any atom is 0.248 e. The van der Waals surface area contributed by atoms with Crippen LogP contribution in [0.4, 0.5) is 4.39 Å². The number of rotatable bonds is 4. The van der Waals surface area contributed by atoms with Crippen molar-refractivity contribution >= 4 is 16.7 Å². The molecule has 0 spiro atoms. The van der Waals surface area contributed by atoms with E-state index >= 15 is 0 Å². The van der Waals surface area contributed by atoms with E-state index in [-0.39, 0.29) is 17.9 Å². The molecule has 0 saturated heterocycles. The number of nitrogens with one attached hydrogen (secondary N) is 1. The van der Waals surface area contributed by atoms with Gasteiger partial charge in [-0.2, -0.15) is 0 Å². The lowest BCUT2D eigenvalue weighted by atomic mass is 10.1. The molecule has 0 atom stereocenters. The van der Waals surface area contributed by atoms with Crippen LogP contribution in [0.1, 0.15) is 10.4 Å². The molecule has 110 valence electrons. The second kappa shape index (κ2) is 5.81. The van der Waals surface area contributed by atoms with Crippen molar-refractivity contribution in [3.8, 4) is 5.75 Å². The molecule has 0 unspecified atom stereocenters. The number of ketones is 1. The van der Waals surface area contributed by atoms with Crippen molar-refractivity contribution in [2.75, 3.05) is 6.61 Å². The van der Waals surface area contributed by atoms with E-state index in [1.807, 2.05) is 0 Å². The fourth-order valence-corrected chi connectivity index (χ4v) is 2.09. The second-order valence-electron chi connectivity index (χ2n) is 4.79. The summed E-state index contributed by atoms with van der Waals surface area (Å²) < 4.78 is 18.2. The molecule has 3 aromatic rings. The summed E-state index contributed by atoms with van der Waals surface area (Å²) >= 11 is 0. The van der Waals surface area contributed by atoms with Crippen LogP contribution in [0.25, 0.3) is 10.9 Å². The van der Waals surface area contributed by atoms with Gasteiger partial charge in [0.25, 0.3) is 0 Å². The number of Topliss-reactive ketones (excluding diaryl/α,β-unsaturated/α-hetero) is 1. The van der Waals surface area contributed by atoms with E-state index in [4.69, 9.17) is 4.74 Å². The van der Waals surface area contributed by atoms with Gasteiger partial charge in [-0.3, -0.25) is 9.59 Å². The highest BCUT2D eigenvalue weighted by Gasteiger charge is 2.07. The summed E-state index contributed by atoms with van der Waals surface area (Å²) in [6.45, 7) is -0.159. The summed E-state index contributed by atoms with van der Waals surface area (Å²) in [5, 5.41) is 0.872. The Labute approximate surface area is 125 Å². The van der Waals surface area contributed by atoms with E-state index in [9.17, 15) is 14.0 Å². The number of carbonyl (C=O) groups excluding carboxylic acids is 1. The molecule has 5 heteroatoms. The van der Waals surface area contributed by atoms with Crippen LogP contribution in [0.2, 0.25) is 0 Å². The number of H-pyrrole nitrogens is 1. The number of aromatic amines is 1. The fraction of sp³-hybridized carbons (Fsp3) is 0.0588. The van der Waals surface area contributed by atoms with E-state index in [1.165, 1.54) is 30.3 Å². The van der Waals surface area contributed by atoms with E-state index in [1.54, 1.807) is 24.3 Å². The maximum absolute atomic E-state index is 12.8. The summed E-state index contributed by atoms with van der Waals surface area (Å²) in [7, 11) is 0. The Morgan fingerprint density at radius 1 is 1.05 bits per heavy atom. The molecule has 1 N–H and O–H groups in total. The molecule has 0 saturated carbocycles. The SMILES string of the molecule is O=C(COc1ccc2ccc(=O)[nH]c2c1)c1ccc(F)cc1. The lowest BCUT2D eigenvalue weighted by Crippen LogP contribution is -2.11. The predicted octanol–water partition coefficient (Wildman–Crippen LogP) is 2.93. The van der Waals surface area contributed by atoms with Gasteiger partial charge >= 0.3 is 0 Å². The average Bonchev–Trinajstić information content (AvgIpc) is 2.53. The molecule has 0 aliphatic heterocycles. The van der Waals surface area contributed by atoms with Crippen molar-refractivity contribution in [1.29, 1.82) is 0 Å². The van der Waals surface area contributed by atoms with Gasteiger partial charge in [-0.05, 0) is 47.9 Å². The molecule has 0 radical (unpaired) electrons. The summed E-state index contributed by atoms with van der Waals surface area (Å²) in [5.74, 6) is -0.164. The normalized spacial score (nSPS) is 10.6. The zero-order chi connectivity index (χ0) is 15.5. The number of hydrogen-bond acceptors (Lipinski definition) is 3. The minimum absolute atomic E-state index is 0.159. The van der Waals surface area contributed by atoms with Gasteiger partial charge in [-0.1, -0.05) is 0 Å². The Hall–Kier alpha value is -2.95. The fourth-order valence-electron chi connectivity index (χ4n) is 2.09. The second-order valence-corrected chi connectivity index (χ2v) is 4.79. The van der Waals surface area contributed by atoms with Crippen molar-refractivity contribution in [1.82, 2.24) is 4.98 Å². The molecule has 0 aliphatic rings. The van der Waals surface area contributed by atoms with Gasteiger partial charge in [0.1, 0.15) is 11.6 Å². The Morgan fingerprint density at radius 3 is 2.55 bits per heavy atom. The summed E-state index contributed by atoms with van der Waals surface area (Å²) in [6.07, 6.45) is 0. The largest absolute Gasteiger partial charge is 0.485 e. The number of pyridine rings is 1. The van der Waals surface area contributed by atoms with E-state index in [2.05, 4.69) is 4.98 Å². The predicted molar refractivity (Wildman–Crippen MR) is 80.8 cm³/mol. The monoisotopic (exact) mass is 297 g/mol. The summed E-state index contributed by atoms with van der Waals surface area (Å²) in [5.41, 5.74) is 0.821. The molecule has 3 rings (SSSR count). The summed E-state index contributed by atoms with van der Waals surface area (Å²) in [4.78, 5) is 25.9. The van der Waals surface area contributed by atoms with Crippen LogP contribution in [0.5, 0.6) is 5.75 Å². The lowest BCUT2D eigenvalue weighted by Gasteiger charge is -2.07. The van der Waals surface area contributed by atoms with Gasteiger partial charge in [-0.15, -0.1) is 0 Å². The van der Waals surface area contributed by atoms with Crippen LogP contribution < -0.4 is 10.3 Å². The molecule has 0 aliphatic carbocycles. The molecule has 0 fully saturated rings. The first kappa shape index (κ1) is 14.0. The van der Waals surface area contributed by atoms with Crippen molar-refractivity contribution < 1.29 is 13.9 Å². The molecule has 2 aromatic carbocycles. The number of aromatic nitrogens is 1. The van der Waals surface area contributed by atoms with Crippen molar-refractivity contribution in [3.05, 3.63) is 76.3 Å². The van der Waals surface area contributed by atoms with Crippen LogP contribution in [0.15, 0.2) is 59.4 Å². The Morgan fingerprint density at radius 2 is 1.77 bits per heavy atom. The van der Waals surface area contributed by atoms with Crippen molar-refractivity contribution in [2.45, 2.75) is 0 Å². The molecule has 1 heterocycles. The highest BCUT2D eigenvalue weighted by molar-refractivity contribution is 5.97. The topological polar surface area (TPSA) is 59.2 Å². The minimum atomic E-state index is -0.393. The minimum Gasteiger partial charge on any atom is -0.485 e. The maximum atomic E-state index is 12.8. The van der Waals surface area contributed by atoms with Crippen LogP contribution in [0.3, 0.4) is 0 Å². The summed E-state index contributed by atoms with van der Waals surface area (Å²) in [6, 6.07) is 13.6. The van der Waals surface area contributed by atoms with E-state index in [0.29, 0.717) is 16.8 Å². The number of ether oxygens (including phenoxy) is 1. The van der Waals surface area contributed by atoms with Gasteiger partial charge in [0.2, 0.25) is 5.56 Å². The third-order valence-corrected chi connectivity index (χ3v) is 3.23. The third kappa shape index (κ3) is 3.03. The van der Waals surface area contributed by atoms with Crippen molar-refractivity contribution in [3.63, 3.8) is 0 Å². The number of halogens is 1. The standard InChI is InChI=1S/C17H12FNO3/c18-13-5-1-12(2-6-13)16(20)10-22-14-7-3-11-4-8-17(21)19-15(11)9-14/h1-9H,10H2,(H,19,21). The van der Waals surface area contributed by atoms with Crippen molar-refractivity contribution in [2.24, 2.45) is 0 Å².